The van der Waals surface area contributed by atoms with Gasteiger partial charge < -0.3 is 16.0 Å². The van der Waals surface area contributed by atoms with Gasteiger partial charge >= 0.3 is 0 Å². The molecule has 1 aromatic carbocycles. The number of thiophene rings is 1. The van der Waals surface area contributed by atoms with Crippen molar-refractivity contribution in [2.75, 3.05) is 18.4 Å². The molecule has 0 aliphatic carbocycles. The van der Waals surface area contributed by atoms with Gasteiger partial charge in [0.2, 0.25) is 5.91 Å². The molecule has 166 valence electrons. The van der Waals surface area contributed by atoms with Gasteiger partial charge in [-0.25, -0.2) is 4.98 Å². The van der Waals surface area contributed by atoms with E-state index >= 15 is 0 Å². The van der Waals surface area contributed by atoms with Gasteiger partial charge in [-0.1, -0.05) is 19.9 Å². The predicted molar refractivity (Wildman–Crippen MR) is 132 cm³/mol. The number of carbonyl (C=O) groups excluding carboxylic acids is 1. The molecule has 0 saturated carbocycles. The highest BCUT2D eigenvalue weighted by molar-refractivity contribution is 7.23. The minimum Gasteiger partial charge on any atom is -0.317 e. The van der Waals surface area contributed by atoms with E-state index in [0.717, 1.165) is 56.4 Å². The summed E-state index contributed by atoms with van der Waals surface area (Å²) in [4.78, 5) is 18.9. The average Bonchev–Trinajstić information content (AvgIpc) is 3.50. The van der Waals surface area contributed by atoms with E-state index in [0.29, 0.717) is 19.0 Å². The van der Waals surface area contributed by atoms with Crippen molar-refractivity contribution in [1.82, 2.24) is 25.8 Å². The summed E-state index contributed by atoms with van der Waals surface area (Å²) in [7, 11) is 0. The van der Waals surface area contributed by atoms with E-state index in [1.54, 1.807) is 22.7 Å². The van der Waals surface area contributed by atoms with E-state index in [1.807, 2.05) is 12.4 Å². The van der Waals surface area contributed by atoms with Crippen LogP contribution >= 0.6 is 22.7 Å². The Balaban J connectivity index is 1.48. The lowest BCUT2D eigenvalue weighted by Crippen LogP contribution is -2.27. The molecule has 32 heavy (non-hydrogen) atoms. The van der Waals surface area contributed by atoms with E-state index < -0.39 is 0 Å². The molecule has 0 unspecified atom stereocenters. The van der Waals surface area contributed by atoms with Crippen molar-refractivity contribution in [3.63, 3.8) is 0 Å². The van der Waals surface area contributed by atoms with Crippen LogP contribution in [0.3, 0.4) is 0 Å². The number of thiazole rings is 1. The van der Waals surface area contributed by atoms with Crippen molar-refractivity contribution in [2.45, 2.75) is 39.3 Å². The molecule has 7 nitrogen and oxygen atoms in total. The molecule has 1 aliphatic rings. The molecule has 3 aromatic heterocycles. The maximum absolute atomic E-state index is 12.7. The fourth-order valence-corrected chi connectivity index (χ4v) is 6.26. The minimum absolute atomic E-state index is 0.0364. The van der Waals surface area contributed by atoms with Gasteiger partial charge in [-0.15, -0.1) is 22.7 Å². The number of rotatable bonds is 7. The summed E-state index contributed by atoms with van der Waals surface area (Å²) >= 11 is 3.36. The molecular weight excluding hydrogens is 440 g/mol. The van der Waals surface area contributed by atoms with Crippen LogP contribution in [0.4, 0.5) is 5.00 Å². The maximum Gasteiger partial charge on any atom is 0.226 e. The zero-order valence-electron chi connectivity index (χ0n) is 18.1. The van der Waals surface area contributed by atoms with Crippen molar-refractivity contribution >= 4 is 43.8 Å². The highest BCUT2D eigenvalue weighted by Crippen LogP contribution is 2.45. The number of amides is 1. The molecule has 0 bridgehead atoms. The summed E-state index contributed by atoms with van der Waals surface area (Å²) < 4.78 is 1.14. The first-order valence-corrected chi connectivity index (χ1v) is 12.5. The van der Waals surface area contributed by atoms with Gasteiger partial charge in [0, 0.05) is 47.8 Å². The molecule has 0 atom stereocenters. The predicted octanol–water partition coefficient (Wildman–Crippen LogP) is 4.39. The van der Waals surface area contributed by atoms with Gasteiger partial charge in [0.1, 0.15) is 10.0 Å². The highest BCUT2D eigenvalue weighted by Gasteiger charge is 2.25. The van der Waals surface area contributed by atoms with Crippen LogP contribution in [0, 0.1) is 0 Å². The number of fused-ring (bicyclic) bond motifs is 2. The van der Waals surface area contributed by atoms with Crippen molar-refractivity contribution in [1.29, 1.82) is 0 Å². The Morgan fingerprint density at radius 3 is 2.97 bits per heavy atom. The lowest BCUT2D eigenvalue weighted by atomic mass is 10.0. The van der Waals surface area contributed by atoms with Crippen molar-refractivity contribution in [2.24, 2.45) is 0 Å². The summed E-state index contributed by atoms with van der Waals surface area (Å²) in [6, 6.07) is 6.70. The number of aromatic nitrogens is 3. The van der Waals surface area contributed by atoms with Gasteiger partial charge in [-0.3, -0.25) is 9.89 Å². The second kappa shape index (κ2) is 9.11. The quantitative estimate of drug-likeness (QED) is 0.324. The first-order chi connectivity index (χ1) is 15.6. The summed E-state index contributed by atoms with van der Waals surface area (Å²) in [5, 5.41) is 18.7. The third kappa shape index (κ3) is 4.33. The van der Waals surface area contributed by atoms with Gasteiger partial charge in [-0.05, 0) is 36.2 Å². The molecule has 0 radical (unpaired) electrons. The fraction of sp³-hybridized carbons (Fsp3) is 0.348. The first-order valence-electron chi connectivity index (χ1n) is 10.9. The monoisotopic (exact) mass is 466 g/mol. The second-order valence-corrected chi connectivity index (χ2v) is 10.4. The van der Waals surface area contributed by atoms with Crippen LogP contribution in [0.15, 0.2) is 30.6 Å². The van der Waals surface area contributed by atoms with Crippen LogP contribution < -0.4 is 16.0 Å². The van der Waals surface area contributed by atoms with E-state index in [-0.39, 0.29) is 5.91 Å². The molecule has 4 heterocycles. The van der Waals surface area contributed by atoms with Gasteiger partial charge in [-0.2, -0.15) is 5.10 Å². The number of anilines is 1. The van der Waals surface area contributed by atoms with Crippen LogP contribution in [0.2, 0.25) is 0 Å². The normalized spacial score (nSPS) is 13.6. The van der Waals surface area contributed by atoms with E-state index in [2.05, 4.69) is 58.2 Å². The molecule has 9 heteroatoms. The third-order valence-electron chi connectivity index (χ3n) is 5.52. The number of H-pyrrole nitrogens is 1. The van der Waals surface area contributed by atoms with Crippen molar-refractivity contribution < 1.29 is 4.79 Å². The lowest BCUT2D eigenvalue weighted by Gasteiger charge is -2.13. The first kappa shape index (κ1) is 21.3. The molecule has 4 N–H and O–H groups in total. The zero-order chi connectivity index (χ0) is 22.1. The zero-order valence-corrected chi connectivity index (χ0v) is 19.8. The molecule has 1 amide bonds. The van der Waals surface area contributed by atoms with Crippen LogP contribution in [0.1, 0.15) is 30.7 Å². The Morgan fingerprint density at radius 2 is 2.16 bits per heavy atom. The Bertz CT molecular complexity index is 1240. The van der Waals surface area contributed by atoms with Gasteiger partial charge in [0.25, 0.3) is 0 Å². The Morgan fingerprint density at radius 1 is 1.25 bits per heavy atom. The number of carbonyl (C=O) groups is 1. The third-order valence-corrected chi connectivity index (χ3v) is 7.72. The van der Waals surface area contributed by atoms with Crippen molar-refractivity contribution in [3.8, 4) is 21.7 Å². The molecule has 0 fully saturated rings. The van der Waals surface area contributed by atoms with Crippen LogP contribution in [0.25, 0.3) is 31.9 Å². The molecule has 1 aliphatic heterocycles. The smallest absolute Gasteiger partial charge is 0.226 e. The second-order valence-electron chi connectivity index (χ2n) is 8.23. The van der Waals surface area contributed by atoms with Crippen LogP contribution in [0.5, 0.6) is 0 Å². The Labute approximate surface area is 194 Å². The highest BCUT2D eigenvalue weighted by atomic mass is 32.1. The lowest BCUT2D eigenvalue weighted by molar-refractivity contribution is -0.116. The Kier molecular flexibility index (Phi) is 6.05. The van der Waals surface area contributed by atoms with Crippen LogP contribution in [-0.4, -0.2) is 40.2 Å². The van der Waals surface area contributed by atoms with Crippen LogP contribution in [-0.2, 0) is 17.8 Å². The molecule has 0 saturated heterocycles. The maximum atomic E-state index is 12.7. The molecular formula is C23H26N6OS2. The summed E-state index contributed by atoms with van der Waals surface area (Å²) in [6.45, 7) is 6.62. The van der Waals surface area contributed by atoms with Gasteiger partial charge in [0.05, 0.1) is 16.4 Å². The minimum atomic E-state index is 0.0364. The number of aromatic amines is 1. The van der Waals surface area contributed by atoms with Gasteiger partial charge in [0.15, 0.2) is 0 Å². The number of nitrogens with zero attached hydrogens (tertiary/aromatic N) is 2. The summed E-state index contributed by atoms with van der Waals surface area (Å²) in [5.74, 6) is 0.0364. The largest absolute Gasteiger partial charge is 0.317 e. The number of benzene rings is 1. The number of hydrogen-bond donors (Lipinski definition) is 4. The fourth-order valence-electron chi connectivity index (χ4n) is 3.94. The summed E-state index contributed by atoms with van der Waals surface area (Å²) in [6.07, 6.45) is 5.10. The van der Waals surface area contributed by atoms with Crippen molar-refractivity contribution in [3.05, 3.63) is 41.0 Å². The standard InChI is InChI=1S/C23H26N6OS2/c1-13(2)25-8-6-20(30)29-23-21(16-5-7-24-12-19(16)32-23)22-28-17-9-14(3-4-18(17)31-22)15-10-26-27-11-15/h3-4,9-11,13,24-25H,5-8,12H2,1-2H3,(H,26,27)(H,29,30). The topological polar surface area (TPSA) is 94.7 Å². The summed E-state index contributed by atoms with van der Waals surface area (Å²) in [5.41, 5.74) is 5.52. The number of nitrogens with one attached hydrogen (secondary N) is 4. The van der Waals surface area contributed by atoms with E-state index in [9.17, 15) is 4.79 Å². The SMILES string of the molecule is CC(C)NCCC(=O)Nc1sc2c(c1-c1nc3cc(-c4cn[nH]c4)ccc3s1)CCNC2. The number of hydrogen-bond acceptors (Lipinski definition) is 7. The van der Waals surface area contributed by atoms with E-state index in [4.69, 9.17) is 4.98 Å². The Hall–Kier alpha value is -2.59. The average molecular weight is 467 g/mol. The molecule has 0 spiro atoms. The molecule has 5 rings (SSSR count). The van der Waals surface area contributed by atoms with E-state index in [1.165, 1.54) is 10.4 Å². The molecule has 4 aromatic rings.